The number of fused-ring (bicyclic) bond motifs is 2. The number of nitrogens with zero attached hydrogens (tertiary/aromatic N) is 1. The summed E-state index contributed by atoms with van der Waals surface area (Å²) in [6.45, 7) is 3.11. The van der Waals surface area contributed by atoms with Crippen LogP contribution in [0.1, 0.15) is 34.7 Å². The van der Waals surface area contributed by atoms with E-state index in [2.05, 4.69) is 0 Å². The lowest BCUT2D eigenvalue weighted by Gasteiger charge is -2.28. The summed E-state index contributed by atoms with van der Waals surface area (Å²) in [5.41, 5.74) is 2.68. The van der Waals surface area contributed by atoms with Gasteiger partial charge in [-0.15, -0.1) is 0 Å². The fourth-order valence-corrected chi connectivity index (χ4v) is 4.56. The zero-order valence-electron chi connectivity index (χ0n) is 19.0. The number of rotatable bonds is 5. The summed E-state index contributed by atoms with van der Waals surface area (Å²) in [5.74, 6) is 1.13. The molecule has 2 aromatic carbocycles. The van der Waals surface area contributed by atoms with Gasteiger partial charge in [-0.3, -0.25) is 9.59 Å². The summed E-state index contributed by atoms with van der Waals surface area (Å²) in [6, 6.07) is 12.3. The van der Waals surface area contributed by atoms with E-state index in [1.807, 2.05) is 25.1 Å². The van der Waals surface area contributed by atoms with Crippen molar-refractivity contribution in [2.45, 2.75) is 32.2 Å². The van der Waals surface area contributed by atoms with E-state index >= 15 is 0 Å². The van der Waals surface area contributed by atoms with Gasteiger partial charge >= 0.3 is 5.97 Å². The highest BCUT2D eigenvalue weighted by Gasteiger charge is 2.34. The average molecular weight is 463 g/mol. The third kappa shape index (κ3) is 3.96. The second-order valence-corrected chi connectivity index (χ2v) is 8.42. The van der Waals surface area contributed by atoms with E-state index in [1.54, 1.807) is 35.9 Å². The number of phenolic OH excluding ortho intramolecular Hbond substituents is 1. The minimum Gasteiger partial charge on any atom is -0.508 e. The standard InChI is InChI=1S/C26H25NO7/c1-15-11-20-24(26(30)27(15)8-7-16-3-5-18(28)6-4-16)19(14-23(29)34-20)17-12-21(31-2)25-22(13-17)32-9-10-33-25/h3-6,11-13,19,28H,7-10,14H2,1-2H3. The van der Waals surface area contributed by atoms with Crippen LogP contribution in [-0.4, -0.2) is 36.0 Å². The van der Waals surface area contributed by atoms with Gasteiger partial charge in [0.2, 0.25) is 5.75 Å². The molecule has 176 valence electrons. The first kappa shape index (κ1) is 21.9. The number of aromatic hydroxyl groups is 1. The molecule has 34 heavy (non-hydrogen) atoms. The molecule has 8 heteroatoms. The van der Waals surface area contributed by atoms with Crippen LogP contribution >= 0.6 is 0 Å². The number of carbonyl (C=O) groups excluding carboxylic acids is 1. The molecule has 0 spiro atoms. The Kier molecular flexibility index (Phi) is 5.65. The van der Waals surface area contributed by atoms with E-state index in [4.69, 9.17) is 18.9 Å². The van der Waals surface area contributed by atoms with Crippen LogP contribution in [0.2, 0.25) is 0 Å². The summed E-state index contributed by atoms with van der Waals surface area (Å²) in [6.07, 6.45) is 0.647. The number of benzene rings is 2. The Balaban J connectivity index is 1.56. The molecule has 1 N–H and O–H groups in total. The van der Waals surface area contributed by atoms with Crippen LogP contribution in [0, 0.1) is 6.92 Å². The fourth-order valence-electron chi connectivity index (χ4n) is 4.56. The number of aromatic nitrogens is 1. The number of esters is 1. The summed E-state index contributed by atoms with van der Waals surface area (Å²) in [5, 5.41) is 9.51. The molecule has 0 saturated carbocycles. The van der Waals surface area contributed by atoms with E-state index in [-0.39, 0.29) is 17.7 Å². The smallest absolute Gasteiger partial charge is 0.312 e. The molecule has 0 saturated heterocycles. The molecule has 2 aliphatic rings. The van der Waals surface area contributed by atoms with Crippen molar-refractivity contribution in [1.29, 1.82) is 0 Å². The topological polar surface area (TPSA) is 96.2 Å². The Morgan fingerprint density at radius 2 is 1.82 bits per heavy atom. The monoisotopic (exact) mass is 463 g/mol. The quantitative estimate of drug-likeness (QED) is 0.580. The van der Waals surface area contributed by atoms with Crippen molar-refractivity contribution in [3.8, 4) is 28.7 Å². The molecule has 0 fully saturated rings. The van der Waals surface area contributed by atoms with E-state index in [0.717, 1.165) is 11.1 Å². The van der Waals surface area contributed by atoms with Gasteiger partial charge < -0.3 is 28.6 Å². The Labute approximate surface area is 196 Å². The number of carbonyl (C=O) groups is 1. The van der Waals surface area contributed by atoms with Gasteiger partial charge in [-0.2, -0.15) is 0 Å². The molecular weight excluding hydrogens is 438 g/mol. The summed E-state index contributed by atoms with van der Waals surface area (Å²) >= 11 is 0. The van der Waals surface area contributed by atoms with Gasteiger partial charge in [0.25, 0.3) is 5.56 Å². The minimum absolute atomic E-state index is 0.0338. The summed E-state index contributed by atoms with van der Waals surface area (Å²) in [7, 11) is 1.54. The molecular formula is C26H25NO7. The lowest BCUT2D eigenvalue weighted by molar-refractivity contribution is -0.135. The Bertz CT molecular complexity index is 1290. The van der Waals surface area contributed by atoms with Gasteiger partial charge in [0, 0.05) is 24.2 Å². The lowest BCUT2D eigenvalue weighted by atomic mass is 9.86. The van der Waals surface area contributed by atoms with Gasteiger partial charge in [0.15, 0.2) is 11.5 Å². The summed E-state index contributed by atoms with van der Waals surface area (Å²) < 4.78 is 24.1. The van der Waals surface area contributed by atoms with E-state index in [9.17, 15) is 14.7 Å². The van der Waals surface area contributed by atoms with Crippen molar-refractivity contribution < 1.29 is 28.8 Å². The number of methoxy groups -OCH3 is 1. The molecule has 2 aliphatic heterocycles. The summed E-state index contributed by atoms with van der Waals surface area (Å²) in [4.78, 5) is 26.1. The molecule has 1 atom stereocenters. The predicted molar refractivity (Wildman–Crippen MR) is 123 cm³/mol. The molecule has 8 nitrogen and oxygen atoms in total. The maximum absolute atomic E-state index is 13.7. The maximum Gasteiger partial charge on any atom is 0.312 e. The zero-order valence-corrected chi connectivity index (χ0v) is 19.0. The molecule has 3 heterocycles. The van der Waals surface area contributed by atoms with E-state index in [0.29, 0.717) is 60.4 Å². The first-order chi connectivity index (χ1) is 16.4. The Morgan fingerprint density at radius 1 is 1.06 bits per heavy atom. The third-order valence-electron chi connectivity index (χ3n) is 6.26. The highest BCUT2D eigenvalue weighted by Crippen LogP contribution is 2.45. The molecule has 0 aliphatic carbocycles. The third-order valence-corrected chi connectivity index (χ3v) is 6.26. The first-order valence-corrected chi connectivity index (χ1v) is 11.1. The van der Waals surface area contributed by atoms with Crippen LogP contribution < -0.4 is 24.5 Å². The maximum atomic E-state index is 13.7. The van der Waals surface area contributed by atoms with Crippen LogP contribution in [0.4, 0.5) is 0 Å². The Morgan fingerprint density at radius 3 is 2.59 bits per heavy atom. The second kappa shape index (κ2) is 8.78. The van der Waals surface area contributed by atoms with Crippen molar-refractivity contribution in [2.24, 2.45) is 0 Å². The van der Waals surface area contributed by atoms with Crippen LogP contribution in [0.5, 0.6) is 28.7 Å². The van der Waals surface area contributed by atoms with Crippen molar-refractivity contribution in [3.63, 3.8) is 0 Å². The van der Waals surface area contributed by atoms with Crippen molar-refractivity contribution >= 4 is 5.97 Å². The predicted octanol–water partition coefficient (Wildman–Crippen LogP) is 3.33. The first-order valence-electron chi connectivity index (χ1n) is 11.1. The van der Waals surface area contributed by atoms with Gasteiger partial charge in [0.05, 0.1) is 19.1 Å². The molecule has 1 unspecified atom stereocenters. The Hall–Kier alpha value is -3.94. The number of hydrogen-bond donors (Lipinski definition) is 1. The van der Waals surface area contributed by atoms with Crippen LogP contribution in [0.15, 0.2) is 47.3 Å². The number of phenols is 1. The molecule has 5 rings (SSSR count). The van der Waals surface area contributed by atoms with Crippen LogP contribution in [0.3, 0.4) is 0 Å². The van der Waals surface area contributed by atoms with Gasteiger partial charge in [-0.1, -0.05) is 12.1 Å². The molecule has 0 amide bonds. The number of aryl methyl sites for hydroxylation is 2. The molecule has 1 aromatic heterocycles. The second-order valence-electron chi connectivity index (χ2n) is 8.42. The van der Waals surface area contributed by atoms with Gasteiger partial charge in [-0.25, -0.2) is 0 Å². The van der Waals surface area contributed by atoms with E-state index < -0.39 is 11.9 Å². The normalized spacial score (nSPS) is 16.5. The minimum atomic E-state index is -0.506. The zero-order chi connectivity index (χ0) is 23.8. The fraction of sp³-hybridized carbons (Fsp3) is 0.308. The lowest BCUT2D eigenvalue weighted by Crippen LogP contribution is -2.33. The molecule has 0 radical (unpaired) electrons. The molecule has 0 bridgehead atoms. The van der Waals surface area contributed by atoms with Gasteiger partial charge in [0.1, 0.15) is 24.7 Å². The van der Waals surface area contributed by atoms with Crippen molar-refractivity contribution in [2.75, 3.05) is 20.3 Å². The van der Waals surface area contributed by atoms with Gasteiger partial charge in [-0.05, 0) is 48.7 Å². The van der Waals surface area contributed by atoms with Crippen molar-refractivity contribution in [1.82, 2.24) is 4.57 Å². The number of pyridine rings is 1. The number of ether oxygens (including phenoxy) is 4. The highest BCUT2D eigenvalue weighted by molar-refractivity contribution is 5.78. The highest BCUT2D eigenvalue weighted by atomic mass is 16.6. The largest absolute Gasteiger partial charge is 0.508 e. The average Bonchev–Trinajstić information content (AvgIpc) is 2.83. The van der Waals surface area contributed by atoms with Crippen molar-refractivity contribution in [3.05, 3.63) is 75.2 Å². The van der Waals surface area contributed by atoms with E-state index in [1.165, 1.54) is 0 Å². The van der Waals surface area contributed by atoms with Crippen LogP contribution in [-0.2, 0) is 17.8 Å². The number of hydrogen-bond acceptors (Lipinski definition) is 7. The SMILES string of the molecule is COc1cc(C2CC(=O)Oc3cc(C)n(CCc4ccc(O)cc4)c(=O)c32)cc2c1OCCO2. The molecule has 3 aromatic rings. The van der Waals surface area contributed by atoms with Crippen LogP contribution in [0.25, 0.3) is 0 Å².